The van der Waals surface area contributed by atoms with Gasteiger partial charge in [0.15, 0.2) is 26.4 Å². The number of nitrogens with zero attached hydrogens (tertiary/aromatic N) is 4. The van der Waals surface area contributed by atoms with Crippen LogP contribution in [0, 0.1) is 5.92 Å². The van der Waals surface area contributed by atoms with Gasteiger partial charge in [-0.2, -0.15) is 0 Å². The Hall–Kier alpha value is -5.42. The van der Waals surface area contributed by atoms with Crippen LogP contribution in [-0.4, -0.2) is 90.4 Å². The SMILES string of the molecule is CC(=O)OC1CC(=O)N1c1cccc(CN2C(=O)[C@]3(O[C@H](CC(=O)N(CCO)Cc4ccccc4)[C@@H]([Si](C)(C)O)[C@@H]3C)c3cc(N4C(=O)CC4OC(C)=O)ccc32)c1. The predicted octanol–water partition coefficient (Wildman–Crippen LogP) is 3.69. The van der Waals surface area contributed by atoms with Gasteiger partial charge in [-0.3, -0.25) is 38.6 Å². The number of anilines is 3. The van der Waals surface area contributed by atoms with Gasteiger partial charge >= 0.3 is 11.9 Å². The van der Waals surface area contributed by atoms with Gasteiger partial charge in [-0.05, 0) is 54.6 Å². The van der Waals surface area contributed by atoms with Crippen molar-refractivity contribution >= 4 is 60.9 Å². The van der Waals surface area contributed by atoms with Crippen molar-refractivity contribution in [1.82, 2.24) is 4.90 Å². The molecule has 3 aromatic rings. The van der Waals surface area contributed by atoms with E-state index in [-0.39, 0.29) is 63.2 Å². The first-order valence-corrected chi connectivity index (χ1v) is 22.4. The molecule has 3 aromatic carbocycles. The number of rotatable bonds is 13. The number of aliphatic hydroxyl groups excluding tert-OH is 1. The third kappa shape index (κ3) is 7.40. The van der Waals surface area contributed by atoms with Crippen LogP contribution in [0.3, 0.4) is 0 Å². The molecular formula is C42H48N4O11Si. The molecule has 58 heavy (non-hydrogen) atoms. The lowest BCUT2D eigenvalue weighted by molar-refractivity contribution is -0.155. The molecule has 1 spiro atoms. The van der Waals surface area contributed by atoms with E-state index in [9.17, 15) is 33.9 Å². The summed E-state index contributed by atoms with van der Waals surface area (Å²) < 4.78 is 17.7. The van der Waals surface area contributed by atoms with E-state index in [1.54, 1.807) is 65.4 Å². The molecule has 306 valence electrons. The highest BCUT2D eigenvalue weighted by Crippen LogP contribution is 2.60. The summed E-state index contributed by atoms with van der Waals surface area (Å²) in [5.41, 5.74) is 0.999. The summed E-state index contributed by atoms with van der Waals surface area (Å²) in [4.78, 5) is 96.4. The Morgan fingerprint density at radius 3 is 2.03 bits per heavy atom. The average Bonchev–Trinajstić information content (AvgIpc) is 3.56. The smallest absolute Gasteiger partial charge is 0.304 e. The van der Waals surface area contributed by atoms with Gasteiger partial charge in [0.05, 0.1) is 44.2 Å². The van der Waals surface area contributed by atoms with Gasteiger partial charge in [0.1, 0.15) is 0 Å². The molecule has 15 nitrogen and oxygen atoms in total. The first-order valence-electron chi connectivity index (χ1n) is 19.4. The zero-order chi connectivity index (χ0) is 41.7. The van der Waals surface area contributed by atoms with E-state index >= 15 is 4.79 Å². The third-order valence-electron chi connectivity index (χ3n) is 11.5. The zero-order valence-electron chi connectivity index (χ0n) is 33.1. The Labute approximate surface area is 337 Å². The van der Waals surface area contributed by atoms with Gasteiger partial charge in [-0.1, -0.05) is 49.4 Å². The van der Waals surface area contributed by atoms with E-state index in [0.717, 1.165) is 5.56 Å². The molecule has 0 aromatic heterocycles. The molecule has 0 aliphatic carbocycles. The van der Waals surface area contributed by atoms with Crippen molar-refractivity contribution in [2.45, 2.75) is 95.9 Å². The summed E-state index contributed by atoms with van der Waals surface area (Å²) >= 11 is 0. The number of fused-ring (bicyclic) bond motifs is 2. The number of carbonyl (C=O) groups is 6. The second-order valence-corrected chi connectivity index (χ2v) is 19.9. The molecule has 7 rings (SSSR count). The Bertz CT molecular complexity index is 2140. The molecule has 0 bridgehead atoms. The number of amides is 4. The first-order chi connectivity index (χ1) is 27.5. The molecule has 4 aliphatic rings. The van der Waals surface area contributed by atoms with Crippen LogP contribution in [0.1, 0.15) is 56.7 Å². The van der Waals surface area contributed by atoms with Crippen LogP contribution >= 0.6 is 0 Å². The second kappa shape index (κ2) is 15.7. The first kappa shape index (κ1) is 40.8. The van der Waals surface area contributed by atoms with Crippen LogP contribution in [-0.2, 0) is 61.7 Å². The Morgan fingerprint density at radius 2 is 1.47 bits per heavy atom. The molecule has 16 heteroatoms. The van der Waals surface area contributed by atoms with Gasteiger partial charge in [-0.25, -0.2) is 0 Å². The number of hydrogen-bond acceptors (Lipinski definition) is 11. The Kier molecular flexibility index (Phi) is 11.1. The topological polar surface area (TPSA) is 184 Å². The fourth-order valence-corrected chi connectivity index (χ4v) is 11.6. The monoisotopic (exact) mass is 812 g/mol. The lowest BCUT2D eigenvalue weighted by Crippen LogP contribution is -2.55. The van der Waals surface area contributed by atoms with Crippen LogP contribution in [0.4, 0.5) is 17.1 Å². The summed E-state index contributed by atoms with van der Waals surface area (Å²) in [5, 5.41) is 9.91. The van der Waals surface area contributed by atoms with Crippen LogP contribution in [0.5, 0.6) is 0 Å². The van der Waals surface area contributed by atoms with Crippen molar-refractivity contribution < 1.29 is 52.9 Å². The predicted molar refractivity (Wildman–Crippen MR) is 212 cm³/mol. The van der Waals surface area contributed by atoms with Gasteiger partial charge in [0.25, 0.3) is 5.91 Å². The summed E-state index contributed by atoms with van der Waals surface area (Å²) in [6, 6.07) is 21.5. The Balaban J connectivity index is 1.27. The second-order valence-electron chi connectivity index (χ2n) is 15.9. The van der Waals surface area contributed by atoms with Crippen LogP contribution in [0.25, 0.3) is 0 Å². The lowest BCUT2D eigenvalue weighted by atomic mass is 9.82. The zero-order valence-corrected chi connectivity index (χ0v) is 34.1. The standard InChI is InChI=1S/C42H48N4O11Si/c1-25-40(58(4,5)54)34(20-35(50)43(16-17-47)23-28-10-7-6-8-11-28)57-42(25)32-19-31(46-37(52)22-39(46)56-27(3)49)14-15-33(32)44(41(42)53)24-29-12-9-13-30(18-29)45-36(51)21-38(45)55-26(2)48/h6-15,18-19,25,34,38-40,47,54H,16-17,20-24H2,1-5H3/t25-,34+,38?,39?,40-,42+/m0/s1. The highest BCUT2D eigenvalue weighted by atomic mass is 28.4. The van der Waals surface area contributed by atoms with E-state index in [1.807, 2.05) is 37.3 Å². The van der Waals surface area contributed by atoms with Crippen LogP contribution in [0.15, 0.2) is 72.8 Å². The minimum Gasteiger partial charge on any atom is -0.441 e. The summed E-state index contributed by atoms with van der Waals surface area (Å²) in [5.74, 6) is -2.97. The van der Waals surface area contributed by atoms with Crippen LogP contribution in [0.2, 0.25) is 18.6 Å². The lowest BCUT2D eigenvalue weighted by Gasteiger charge is -2.39. The maximum absolute atomic E-state index is 15.3. The highest BCUT2D eigenvalue weighted by Gasteiger charge is 2.66. The molecule has 0 saturated carbocycles. The van der Waals surface area contributed by atoms with Crippen molar-refractivity contribution in [2.24, 2.45) is 5.92 Å². The molecule has 0 radical (unpaired) electrons. The summed E-state index contributed by atoms with van der Waals surface area (Å²) in [7, 11) is -3.21. The third-order valence-corrected chi connectivity index (χ3v) is 14.0. The van der Waals surface area contributed by atoms with Crippen molar-refractivity contribution in [3.63, 3.8) is 0 Å². The molecule has 4 aliphatic heterocycles. The Morgan fingerprint density at radius 1 is 0.862 bits per heavy atom. The number of aliphatic hydroxyl groups is 1. The van der Waals surface area contributed by atoms with Gasteiger partial charge in [0, 0.05) is 55.3 Å². The van der Waals surface area contributed by atoms with Crippen LogP contribution < -0.4 is 14.7 Å². The van der Waals surface area contributed by atoms with E-state index in [0.29, 0.717) is 28.2 Å². The highest BCUT2D eigenvalue weighted by molar-refractivity contribution is 6.71. The molecule has 2 unspecified atom stereocenters. The van der Waals surface area contributed by atoms with Crippen molar-refractivity contribution in [2.75, 3.05) is 27.9 Å². The van der Waals surface area contributed by atoms with E-state index in [1.165, 1.54) is 23.6 Å². The number of ether oxygens (including phenoxy) is 3. The van der Waals surface area contributed by atoms with Crippen molar-refractivity contribution in [3.8, 4) is 0 Å². The van der Waals surface area contributed by atoms with E-state index in [4.69, 9.17) is 14.2 Å². The molecular weight excluding hydrogens is 765 g/mol. The molecule has 3 saturated heterocycles. The molecule has 6 atom stereocenters. The van der Waals surface area contributed by atoms with E-state index < -0.39 is 61.8 Å². The number of carbonyl (C=O) groups excluding carboxylic acids is 6. The largest absolute Gasteiger partial charge is 0.441 e. The number of esters is 2. The average molecular weight is 813 g/mol. The summed E-state index contributed by atoms with van der Waals surface area (Å²) in [6.07, 6.45) is -2.59. The number of benzene rings is 3. The molecule has 4 amide bonds. The van der Waals surface area contributed by atoms with Gasteiger partial charge < -0.3 is 33.9 Å². The van der Waals surface area contributed by atoms with Crippen molar-refractivity contribution in [1.29, 1.82) is 0 Å². The van der Waals surface area contributed by atoms with Crippen molar-refractivity contribution in [3.05, 3.63) is 89.5 Å². The quantitative estimate of drug-likeness (QED) is 0.146. The normalized spacial score (nSPS) is 25.1. The molecule has 3 fully saturated rings. The van der Waals surface area contributed by atoms with E-state index in [2.05, 4.69) is 0 Å². The molecule has 4 heterocycles. The minimum atomic E-state index is -3.21. The molecule has 2 N–H and O–H groups in total. The number of hydrogen-bond donors (Lipinski definition) is 2. The van der Waals surface area contributed by atoms with Gasteiger partial charge in [-0.15, -0.1) is 0 Å². The van der Waals surface area contributed by atoms with Gasteiger partial charge in [0.2, 0.25) is 17.7 Å². The fourth-order valence-electron chi connectivity index (χ4n) is 9.04. The minimum absolute atomic E-state index is 0.00216. The maximum Gasteiger partial charge on any atom is 0.304 e. The number of β-lactam (4-membered cyclic amide) rings is 2. The fraction of sp³-hybridized carbons (Fsp3) is 0.429. The summed E-state index contributed by atoms with van der Waals surface area (Å²) in [6.45, 7) is 7.97. The maximum atomic E-state index is 15.3.